The number of nitrogens with zero attached hydrogens (tertiary/aromatic N) is 4. The molecule has 0 amide bonds. The summed E-state index contributed by atoms with van der Waals surface area (Å²) in [5.74, 6) is 0.949. The lowest BCUT2D eigenvalue weighted by Gasteiger charge is -2.41. The van der Waals surface area contributed by atoms with Crippen LogP contribution in [-0.4, -0.2) is 64.1 Å². The second-order valence-electron chi connectivity index (χ2n) is 7.93. The molecule has 1 fully saturated rings. The first-order valence-corrected chi connectivity index (χ1v) is 10.1. The number of aliphatic hydroxyl groups excluding tert-OH is 1. The second-order valence-corrected chi connectivity index (χ2v) is 7.93. The lowest BCUT2D eigenvalue weighted by molar-refractivity contribution is 0.0497. The van der Waals surface area contributed by atoms with E-state index >= 15 is 0 Å². The highest BCUT2D eigenvalue weighted by Gasteiger charge is 2.27. The quantitative estimate of drug-likeness (QED) is 0.792. The van der Waals surface area contributed by atoms with Crippen LogP contribution >= 0.6 is 0 Å². The number of piperazine rings is 1. The van der Waals surface area contributed by atoms with Crippen molar-refractivity contribution in [3.8, 4) is 5.75 Å². The highest BCUT2D eigenvalue weighted by Crippen LogP contribution is 2.26. The van der Waals surface area contributed by atoms with Crippen LogP contribution in [0.2, 0.25) is 0 Å². The van der Waals surface area contributed by atoms with Crippen molar-refractivity contribution in [2.24, 2.45) is 7.05 Å². The standard InChI is InChI=1S/C22H34N4O2/c1-16-17(2)22(28-5)7-6-19(16)14-26-10-9-25(15-21(26)8-11-27)13-20-12-23-24(4)18(20)3/h6-7,12,21,27H,8-11,13-15H2,1-5H3/t21-/m1/s1. The van der Waals surface area contributed by atoms with E-state index in [1.54, 1.807) is 7.11 Å². The van der Waals surface area contributed by atoms with Crippen molar-refractivity contribution in [2.45, 2.75) is 46.3 Å². The average Bonchev–Trinajstić information content (AvgIpc) is 3.00. The number of methoxy groups -OCH3 is 1. The molecule has 1 aliphatic rings. The molecule has 6 heteroatoms. The fourth-order valence-electron chi connectivity index (χ4n) is 4.14. The molecule has 0 spiro atoms. The molecule has 1 N–H and O–H groups in total. The SMILES string of the molecule is COc1ccc(CN2CCN(Cc3cnn(C)c3C)C[C@H]2CCO)c(C)c1C. The number of aliphatic hydroxyl groups is 1. The first-order valence-electron chi connectivity index (χ1n) is 10.1. The molecule has 0 unspecified atom stereocenters. The minimum Gasteiger partial charge on any atom is -0.496 e. The molecule has 1 aromatic carbocycles. The van der Waals surface area contributed by atoms with Gasteiger partial charge in [-0.2, -0.15) is 5.10 Å². The van der Waals surface area contributed by atoms with Gasteiger partial charge in [-0.25, -0.2) is 0 Å². The van der Waals surface area contributed by atoms with Crippen molar-refractivity contribution in [1.29, 1.82) is 0 Å². The van der Waals surface area contributed by atoms with Crippen LogP contribution in [0.5, 0.6) is 5.75 Å². The minimum absolute atomic E-state index is 0.224. The number of hydrogen-bond donors (Lipinski definition) is 1. The topological polar surface area (TPSA) is 53.8 Å². The van der Waals surface area contributed by atoms with Gasteiger partial charge in [0.1, 0.15) is 5.75 Å². The van der Waals surface area contributed by atoms with Crippen molar-refractivity contribution in [1.82, 2.24) is 19.6 Å². The number of aromatic nitrogens is 2. The van der Waals surface area contributed by atoms with Gasteiger partial charge in [-0.1, -0.05) is 6.07 Å². The van der Waals surface area contributed by atoms with Crippen LogP contribution < -0.4 is 4.74 Å². The molecule has 0 aliphatic carbocycles. The number of benzene rings is 1. The van der Waals surface area contributed by atoms with Crippen LogP contribution in [0.4, 0.5) is 0 Å². The van der Waals surface area contributed by atoms with E-state index in [-0.39, 0.29) is 6.61 Å². The fourth-order valence-corrected chi connectivity index (χ4v) is 4.14. The lowest BCUT2D eigenvalue weighted by atomic mass is 10.00. The van der Waals surface area contributed by atoms with Gasteiger partial charge in [0, 0.05) is 63.7 Å². The molecule has 6 nitrogen and oxygen atoms in total. The Kier molecular flexibility index (Phi) is 6.75. The van der Waals surface area contributed by atoms with E-state index in [4.69, 9.17) is 4.74 Å². The van der Waals surface area contributed by atoms with Gasteiger partial charge in [0.05, 0.1) is 13.3 Å². The highest BCUT2D eigenvalue weighted by atomic mass is 16.5. The maximum absolute atomic E-state index is 9.62. The number of aryl methyl sites for hydroxylation is 1. The molecule has 1 saturated heterocycles. The van der Waals surface area contributed by atoms with Gasteiger partial charge < -0.3 is 9.84 Å². The lowest BCUT2D eigenvalue weighted by Crippen LogP contribution is -2.52. The molecule has 154 valence electrons. The van der Waals surface area contributed by atoms with Gasteiger partial charge in [-0.15, -0.1) is 0 Å². The van der Waals surface area contributed by atoms with Gasteiger partial charge >= 0.3 is 0 Å². The van der Waals surface area contributed by atoms with E-state index in [0.717, 1.165) is 44.9 Å². The van der Waals surface area contributed by atoms with E-state index in [1.165, 1.54) is 27.9 Å². The smallest absolute Gasteiger partial charge is 0.122 e. The molecular formula is C22H34N4O2. The largest absolute Gasteiger partial charge is 0.496 e. The minimum atomic E-state index is 0.224. The zero-order valence-electron chi connectivity index (χ0n) is 17.9. The van der Waals surface area contributed by atoms with Gasteiger partial charge in [-0.05, 0) is 49.9 Å². The Labute approximate surface area is 168 Å². The Morgan fingerprint density at radius 2 is 1.89 bits per heavy atom. The first-order chi connectivity index (χ1) is 13.4. The molecule has 2 heterocycles. The normalized spacial score (nSPS) is 18.6. The summed E-state index contributed by atoms with van der Waals surface area (Å²) in [6.07, 6.45) is 2.78. The summed E-state index contributed by atoms with van der Waals surface area (Å²) >= 11 is 0. The first kappa shape index (κ1) is 20.8. The average molecular weight is 387 g/mol. The molecule has 2 aromatic rings. The summed E-state index contributed by atoms with van der Waals surface area (Å²) in [6, 6.07) is 4.61. The molecule has 0 bridgehead atoms. The predicted octanol–water partition coefficient (Wildman–Crippen LogP) is 2.42. The van der Waals surface area contributed by atoms with Crippen LogP contribution in [0, 0.1) is 20.8 Å². The van der Waals surface area contributed by atoms with Crippen molar-refractivity contribution < 1.29 is 9.84 Å². The van der Waals surface area contributed by atoms with Gasteiger partial charge in [-0.3, -0.25) is 14.5 Å². The molecule has 0 radical (unpaired) electrons. The summed E-state index contributed by atoms with van der Waals surface area (Å²) in [5, 5.41) is 14.0. The maximum atomic E-state index is 9.62. The zero-order valence-corrected chi connectivity index (χ0v) is 17.9. The zero-order chi connectivity index (χ0) is 20.3. The van der Waals surface area contributed by atoms with E-state index in [2.05, 4.69) is 47.8 Å². The van der Waals surface area contributed by atoms with E-state index in [1.807, 2.05) is 17.9 Å². The number of ether oxygens (including phenoxy) is 1. The molecule has 0 saturated carbocycles. The molecule has 28 heavy (non-hydrogen) atoms. The van der Waals surface area contributed by atoms with E-state index < -0.39 is 0 Å². The van der Waals surface area contributed by atoms with E-state index in [0.29, 0.717) is 6.04 Å². The van der Waals surface area contributed by atoms with Crippen molar-refractivity contribution in [2.75, 3.05) is 33.4 Å². The highest BCUT2D eigenvalue weighted by molar-refractivity contribution is 5.43. The van der Waals surface area contributed by atoms with Gasteiger partial charge in [0.25, 0.3) is 0 Å². The Hall–Kier alpha value is -1.89. The molecular weight excluding hydrogens is 352 g/mol. The molecule has 1 aliphatic heterocycles. The summed E-state index contributed by atoms with van der Waals surface area (Å²) in [4.78, 5) is 5.02. The third-order valence-electron chi connectivity index (χ3n) is 6.32. The van der Waals surface area contributed by atoms with Crippen LogP contribution in [0.25, 0.3) is 0 Å². The summed E-state index contributed by atoms with van der Waals surface area (Å²) in [5.41, 5.74) is 6.38. The maximum Gasteiger partial charge on any atom is 0.122 e. The van der Waals surface area contributed by atoms with Crippen LogP contribution in [0.15, 0.2) is 18.3 Å². The fraction of sp³-hybridized carbons (Fsp3) is 0.591. The van der Waals surface area contributed by atoms with Gasteiger partial charge in [0.15, 0.2) is 0 Å². The molecule has 1 aromatic heterocycles. The van der Waals surface area contributed by atoms with Crippen molar-refractivity contribution in [3.05, 3.63) is 46.3 Å². The monoisotopic (exact) mass is 386 g/mol. The third-order valence-corrected chi connectivity index (χ3v) is 6.32. The molecule has 1 atom stereocenters. The van der Waals surface area contributed by atoms with Gasteiger partial charge in [0.2, 0.25) is 0 Å². The summed E-state index contributed by atoms with van der Waals surface area (Å²) in [6.45, 7) is 11.5. The Balaban J connectivity index is 1.69. The van der Waals surface area contributed by atoms with Crippen molar-refractivity contribution in [3.63, 3.8) is 0 Å². The second kappa shape index (κ2) is 9.07. The number of rotatable bonds is 7. The van der Waals surface area contributed by atoms with Crippen LogP contribution in [0.1, 0.15) is 34.4 Å². The summed E-state index contributed by atoms with van der Waals surface area (Å²) in [7, 11) is 3.71. The Morgan fingerprint density at radius 3 is 2.54 bits per heavy atom. The summed E-state index contributed by atoms with van der Waals surface area (Å²) < 4.78 is 7.39. The van der Waals surface area contributed by atoms with Crippen molar-refractivity contribution >= 4 is 0 Å². The molecule has 3 rings (SSSR count). The number of hydrogen-bond acceptors (Lipinski definition) is 5. The predicted molar refractivity (Wildman–Crippen MR) is 112 cm³/mol. The Morgan fingerprint density at radius 1 is 1.11 bits per heavy atom. The van der Waals surface area contributed by atoms with Crippen LogP contribution in [-0.2, 0) is 20.1 Å². The van der Waals surface area contributed by atoms with Crippen LogP contribution in [0.3, 0.4) is 0 Å². The Bertz CT molecular complexity index is 802. The van der Waals surface area contributed by atoms with E-state index in [9.17, 15) is 5.11 Å². The third kappa shape index (κ3) is 4.40.